The number of aliphatic hydroxyl groups excluding tert-OH is 1. The van der Waals surface area contributed by atoms with Crippen LogP contribution < -0.4 is 10.0 Å². The first-order valence-electron chi connectivity index (χ1n) is 5.70. The molecule has 0 bridgehead atoms. The summed E-state index contributed by atoms with van der Waals surface area (Å²) >= 11 is 11.4. The van der Waals surface area contributed by atoms with E-state index in [1.807, 2.05) is 0 Å². The summed E-state index contributed by atoms with van der Waals surface area (Å²) in [4.78, 5) is 22.9. The van der Waals surface area contributed by atoms with Crippen molar-refractivity contribution < 1.29 is 23.1 Å². The second-order valence-corrected chi connectivity index (χ2v) is 6.83. The number of benzene rings is 1. The van der Waals surface area contributed by atoms with Crippen LogP contribution in [0, 0.1) is 5.92 Å². The van der Waals surface area contributed by atoms with Crippen LogP contribution in [0.4, 0.5) is 0 Å². The second-order valence-electron chi connectivity index (χ2n) is 4.34. The van der Waals surface area contributed by atoms with Gasteiger partial charge in [0.1, 0.15) is 5.92 Å². The molecule has 0 spiro atoms. The first-order valence-corrected chi connectivity index (χ1v) is 7.94. The zero-order chi connectivity index (χ0) is 15.8. The van der Waals surface area contributed by atoms with E-state index in [-0.39, 0.29) is 21.5 Å². The average molecular weight is 353 g/mol. The molecule has 1 saturated heterocycles. The third-order valence-electron chi connectivity index (χ3n) is 2.87. The highest BCUT2D eigenvalue weighted by Gasteiger charge is 2.40. The molecular weight excluding hydrogens is 343 g/mol. The Kier molecular flexibility index (Phi) is 4.43. The molecule has 2 amide bonds. The molecule has 2 rings (SSSR count). The third-order valence-corrected chi connectivity index (χ3v) is 4.95. The second kappa shape index (κ2) is 5.80. The number of amides is 2. The summed E-state index contributed by atoms with van der Waals surface area (Å²) in [6.45, 7) is -0.107. The maximum absolute atomic E-state index is 12.0. The lowest BCUT2D eigenvalue weighted by atomic mass is 10.1. The van der Waals surface area contributed by atoms with Gasteiger partial charge in [0, 0.05) is 6.54 Å². The van der Waals surface area contributed by atoms with Crippen molar-refractivity contribution in [3.05, 3.63) is 28.2 Å². The van der Waals surface area contributed by atoms with Gasteiger partial charge >= 0.3 is 0 Å². The van der Waals surface area contributed by atoms with Crippen LogP contribution in [0.3, 0.4) is 0 Å². The molecule has 1 aromatic rings. The van der Waals surface area contributed by atoms with E-state index in [1.54, 1.807) is 4.72 Å². The van der Waals surface area contributed by atoms with Crippen molar-refractivity contribution in [1.29, 1.82) is 0 Å². The molecule has 7 nitrogen and oxygen atoms in total. The lowest BCUT2D eigenvalue weighted by Crippen LogP contribution is -2.42. The van der Waals surface area contributed by atoms with Crippen molar-refractivity contribution in [1.82, 2.24) is 10.0 Å². The monoisotopic (exact) mass is 352 g/mol. The summed E-state index contributed by atoms with van der Waals surface area (Å²) in [5, 5.41) is 11.9. The van der Waals surface area contributed by atoms with Gasteiger partial charge in [-0.2, -0.15) is 0 Å². The van der Waals surface area contributed by atoms with Crippen LogP contribution in [0.5, 0.6) is 0 Å². The van der Waals surface area contributed by atoms with Crippen molar-refractivity contribution in [3.63, 3.8) is 0 Å². The van der Waals surface area contributed by atoms with Crippen molar-refractivity contribution in [2.24, 2.45) is 5.92 Å². The van der Waals surface area contributed by atoms with Gasteiger partial charge in [0.15, 0.2) is 0 Å². The molecule has 0 aromatic heterocycles. The van der Waals surface area contributed by atoms with E-state index in [0.717, 1.165) is 12.1 Å². The highest BCUT2D eigenvalue weighted by molar-refractivity contribution is 7.90. The largest absolute Gasteiger partial charge is 0.390 e. The van der Waals surface area contributed by atoms with Crippen LogP contribution in [0.25, 0.3) is 0 Å². The Morgan fingerprint density at radius 2 is 2.00 bits per heavy atom. The molecular formula is C11H10Cl2N2O5S. The first-order chi connectivity index (χ1) is 9.72. The van der Waals surface area contributed by atoms with Gasteiger partial charge in [-0.1, -0.05) is 23.2 Å². The Balaban J connectivity index is 2.23. The minimum Gasteiger partial charge on any atom is -0.390 e. The summed E-state index contributed by atoms with van der Waals surface area (Å²) in [6.07, 6.45) is -1.28. The number of hydrogen-bond acceptors (Lipinski definition) is 5. The molecule has 2 atom stereocenters. The molecule has 2 unspecified atom stereocenters. The molecule has 0 aliphatic carbocycles. The Hall–Kier alpha value is -1.35. The molecule has 1 heterocycles. The topological polar surface area (TPSA) is 113 Å². The summed E-state index contributed by atoms with van der Waals surface area (Å²) in [6, 6.07) is 3.50. The number of sulfonamides is 1. The summed E-state index contributed by atoms with van der Waals surface area (Å²) < 4.78 is 25.8. The van der Waals surface area contributed by atoms with Gasteiger partial charge in [0.25, 0.3) is 10.0 Å². The van der Waals surface area contributed by atoms with Gasteiger partial charge in [-0.25, -0.2) is 13.1 Å². The summed E-state index contributed by atoms with van der Waals surface area (Å²) in [5.74, 6) is -3.31. The fraction of sp³-hybridized carbons (Fsp3) is 0.273. The number of nitrogens with one attached hydrogen (secondary N) is 2. The highest BCUT2D eigenvalue weighted by atomic mass is 35.5. The van der Waals surface area contributed by atoms with Gasteiger partial charge in [-0.3, -0.25) is 9.59 Å². The molecule has 0 radical (unpaired) electrons. The maximum atomic E-state index is 12.0. The zero-order valence-corrected chi connectivity index (χ0v) is 12.7. The summed E-state index contributed by atoms with van der Waals surface area (Å²) in [7, 11) is -4.22. The van der Waals surface area contributed by atoms with Gasteiger partial charge in [-0.05, 0) is 18.2 Å². The number of aliphatic hydroxyl groups is 1. The minimum absolute atomic E-state index is 0.00522. The molecule has 1 aromatic carbocycles. The third kappa shape index (κ3) is 3.29. The standard InChI is InChI=1S/C11H10Cl2N2O5S/c12-6-2-1-5(3-7(6)13)21(19,20)15-11(18)9-8(16)4-14-10(9)17/h1-3,8-9,16H,4H2,(H,14,17)(H,15,18). The maximum Gasteiger partial charge on any atom is 0.264 e. The van der Waals surface area contributed by atoms with E-state index < -0.39 is 33.9 Å². The van der Waals surface area contributed by atoms with E-state index in [9.17, 15) is 23.1 Å². The van der Waals surface area contributed by atoms with Gasteiger partial charge < -0.3 is 10.4 Å². The van der Waals surface area contributed by atoms with E-state index in [4.69, 9.17) is 23.2 Å². The van der Waals surface area contributed by atoms with Crippen LogP contribution in [0.1, 0.15) is 0 Å². The number of rotatable bonds is 3. The quantitative estimate of drug-likeness (QED) is 0.657. The van der Waals surface area contributed by atoms with Crippen LogP contribution in [0.2, 0.25) is 10.0 Å². The Morgan fingerprint density at radius 1 is 1.33 bits per heavy atom. The average Bonchev–Trinajstić information content (AvgIpc) is 2.71. The predicted molar refractivity (Wildman–Crippen MR) is 74.3 cm³/mol. The minimum atomic E-state index is -4.22. The lowest BCUT2D eigenvalue weighted by Gasteiger charge is -2.12. The fourth-order valence-electron chi connectivity index (χ4n) is 1.80. The molecule has 3 N–H and O–H groups in total. The van der Waals surface area contributed by atoms with Crippen molar-refractivity contribution in [3.8, 4) is 0 Å². The van der Waals surface area contributed by atoms with Crippen LogP contribution in [-0.2, 0) is 19.6 Å². The van der Waals surface area contributed by atoms with Gasteiger partial charge in [0.2, 0.25) is 11.8 Å². The predicted octanol–water partition coefficient (Wildman–Crippen LogP) is -0.0948. The van der Waals surface area contributed by atoms with Crippen molar-refractivity contribution in [2.75, 3.05) is 6.54 Å². The fourth-order valence-corrected chi connectivity index (χ4v) is 3.19. The lowest BCUT2D eigenvalue weighted by molar-refractivity contribution is -0.134. The van der Waals surface area contributed by atoms with E-state index >= 15 is 0 Å². The van der Waals surface area contributed by atoms with Crippen molar-refractivity contribution in [2.45, 2.75) is 11.0 Å². The van der Waals surface area contributed by atoms with E-state index in [1.165, 1.54) is 6.07 Å². The molecule has 10 heteroatoms. The van der Waals surface area contributed by atoms with Gasteiger partial charge in [-0.15, -0.1) is 0 Å². The molecule has 0 saturated carbocycles. The molecule has 1 aliphatic rings. The molecule has 1 fully saturated rings. The summed E-state index contributed by atoms with van der Waals surface area (Å²) in [5.41, 5.74) is 0. The van der Waals surface area contributed by atoms with Crippen LogP contribution in [0.15, 0.2) is 23.1 Å². The number of β-amino-alcohol motifs (C(OH)–C–C–N with tert-alkyl or cyclic N) is 1. The van der Waals surface area contributed by atoms with E-state index in [2.05, 4.69) is 5.32 Å². The van der Waals surface area contributed by atoms with Crippen LogP contribution in [-0.4, -0.2) is 38.0 Å². The first kappa shape index (κ1) is 16.0. The molecule has 1 aliphatic heterocycles. The number of halogens is 2. The van der Waals surface area contributed by atoms with E-state index in [0.29, 0.717) is 0 Å². The van der Waals surface area contributed by atoms with Gasteiger partial charge in [0.05, 0.1) is 21.0 Å². The Bertz CT molecular complexity index is 707. The zero-order valence-electron chi connectivity index (χ0n) is 10.3. The number of carbonyl (C=O) groups excluding carboxylic acids is 2. The molecule has 114 valence electrons. The highest BCUT2D eigenvalue weighted by Crippen LogP contribution is 2.25. The van der Waals surface area contributed by atoms with Crippen LogP contribution >= 0.6 is 23.2 Å². The normalized spacial score (nSPS) is 22.0. The SMILES string of the molecule is O=C1NCC(O)C1C(=O)NS(=O)(=O)c1ccc(Cl)c(Cl)c1. The Labute approximate surface area is 130 Å². The van der Waals surface area contributed by atoms with Crippen molar-refractivity contribution >= 4 is 45.0 Å². The molecule has 21 heavy (non-hydrogen) atoms. The Morgan fingerprint density at radius 3 is 2.52 bits per heavy atom. The number of hydrogen-bond donors (Lipinski definition) is 3. The smallest absolute Gasteiger partial charge is 0.264 e. The number of carbonyl (C=O) groups is 2.